The molecule has 1 amide bonds. The minimum Gasteiger partial charge on any atom is -0.497 e. The molecule has 1 fully saturated rings. The van der Waals surface area contributed by atoms with Crippen molar-refractivity contribution in [3.8, 4) is 11.5 Å². The maximum absolute atomic E-state index is 16.5. The maximum Gasteiger partial charge on any atom is 0.317 e. The van der Waals surface area contributed by atoms with Gasteiger partial charge < -0.3 is 23.8 Å². The van der Waals surface area contributed by atoms with Gasteiger partial charge in [0.15, 0.2) is 23.6 Å². The molecule has 5 atom stereocenters. The summed E-state index contributed by atoms with van der Waals surface area (Å²) in [5, 5.41) is 10.3. The van der Waals surface area contributed by atoms with Crippen LogP contribution >= 0.6 is 8.25 Å². The average molecular weight is 723 g/mol. The number of hydrogen-bond donors (Lipinski definition) is 3. The predicted octanol–water partition coefficient (Wildman–Crippen LogP) is 4.14. The van der Waals surface area contributed by atoms with Gasteiger partial charge in [0.05, 0.1) is 20.8 Å². The van der Waals surface area contributed by atoms with E-state index in [1.54, 1.807) is 52.3 Å². The van der Waals surface area contributed by atoms with Gasteiger partial charge in [-0.1, -0.05) is 73.7 Å². The average Bonchev–Trinajstić information content (AvgIpc) is 3.69. The van der Waals surface area contributed by atoms with E-state index in [0.29, 0.717) is 28.2 Å². The number of carbonyl (C=O) groups excluding carboxylic acids is 1. The first-order chi connectivity index (χ1) is 24.5. The molecule has 1 aliphatic rings. The number of alkyl halides is 1. The molecule has 3 heterocycles. The minimum atomic E-state index is -3.71. The summed E-state index contributed by atoms with van der Waals surface area (Å²) in [6.07, 6.45) is -6.63. The van der Waals surface area contributed by atoms with Gasteiger partial charge in [0.2, 0.25) is 11.9 Å². The zero-order valence-electron chi connectivity index (χ0n) is 28.0. The maximum atomic E-state index is 16.5. The highest BCUT2D eigenvalue weighted by atomic mass is 31.1. The molecule has 1 unspecified atom stereocenters. The number of methoxy groups -OCH3 is 2. The number of fused-ring (bicyclic) bond motifs is 1. The number of nitrogens with one attached hydrogen (secondary N) is 2. The van der Waals surface area contributed by atoms with Gasteiger partial charge in [0.1, 0.15) is 29.3 Å². The smallest absolute Gasteiger partial charge is 0.317 e. The van der Waals surface area contributed by atoms with E-state index in [1.165, 1.54) is 0 Å². The molecule has 0 spiro atoms. The molecule has 0 bridgehead atoms. The highest BCUT2D eigenvalue weighted by molar-refractivity contribution is 7.32. The third-order valence-electron chi connectivity index (χ3n) is 8.48. The fraction of sp³-hybridized carbons (Fsp3) is 0.324. The van der Waals surface area contributed by atoms with Crippen LogP contribution in [0.5, 0.6) is 11.5 Å². The van der Waals surface area contributed by atoms with Gasteiger partial charge in [-0.05, 0) is 41.0 Å². The standard InChI is InChI=1S/C34H36FN6O9P/c1-19(2)30(42)37-33-36-29-27(31(43)38-33)39-40-41(29)32-28(50-51(44)45)26(35)25(49-32)18-48-34(20-8-6-5-7-9-20,21-10-14-23(46-3)15-11-21)22-12-16-24(47-4)17-13-22/h5-17,19,25-26,28,32,51H,18H2,1-4H3,(H,44,45)(H2,36,37,38,42,43)/t25-,26-,28-,32-/m1/s1. The van der Waals surface area contributed by atoms with E-state index in [-0.39, 0.29) is 17.1 Å². The van der Waals surface area contributed by atoms with Crippen molar-refractivity contribution in [2.24, 2.45) is 5.92 Å². The molecule has 15 nitrogen and oxygen atoms in total. The number of amides is 1. The molecule has 5 aromatic rings. The van der Waals surface area contributed by atoms with E-state index in [2.05, 4.69) is 25.6 Å². The number of anilines is 1. The zero-order chi connectivity index (χ0) is 36.3. The van der Waals surface area contributed by atoms with Gasteiger partial charge in [-0.15, -0.1) is 5.10 Å². The quantitative estimate of drug-likeness (QED) is 0.117. The second-order valence-corrected chi connectivity index (χ2v) is 12.7. The minimum absolute atomic E-state index is 0.183. The Bertz CT molecular complexity index is 2010. The SMILES string of the molecule is COc1ccc(C(OC[C@H]2O[C@@H](n3nnc4c(=O)[nH]c(NC(=O)C(C)C)nc43)[C@H](O[PH](=O)O)[C@@H]2F)(c2ccccc2)c2ccc(OC)cc2)cc1. The molecule has 51 heavy (non-hydrogen) atoms. The summed E-state index contributed by atoms with van der Waals surface area (Å²) in [4.78, 5) is 41.6. The summed E-state index contributed by atoms with van der Waals surface area (Å²) in [6.45, 7) is 2.91. The van der Waals surface area contributed by atoms with Crippen molar-refractivity contribution in [2.75, 3.05) is 26.1 Å². The molecule has 0 aliphatic carbocycles. The summed E-state index contributed by atoms with van der Waals surface area (Å²) in [5.41, 5.74) is -0.425. The Labute approximate surface area is 291 Å². The molecule has 3 aromatic carbocycles. The molecule has 1 aliphatic heterocycles. The Hall–Kier alpha value is -4.99. The van der Waals surface area contributed by atoms with E-state index >= 15 is 4.39 Å². The van der Waals surface area contributed by atoms with Gasteiger partial charge in [-0.25, -0.2) is 4.39 Å². The molecule has 268 valence electrons. The molecule has 1 saturated heterocycles. The molecule has 2 aromatic heterocycles. The summed E-state index contributed by atoms with van der Waals surface area (Å²) in [5.74, 6) is 0.161. The largest absolute Gasteiger partial charge is 0.497 e. The van der Waals surface area contributed by atoms with Crippen molar-refractivity contribution in [1.82, 2.24) is 25.0 Å². The lowest BCUT2D eigenvalue weighted by Crippen LogP contribution is -2.38. The van der Waals surface area contributed by atoms with Crippen LogP contribution in [-0.2, 0) is 29.0 Å². The molecule has 0 saturated carbocycles. The molecule has 6 rings (SSSR count). The first-order valence-electron chi connectivity index (χ1n) is 15.9. The van der Waals surface area contributed by atoms with Crippen LogP contribution in [0.3, 0.4) is 0 Å². The van der Waals surface area contributed by atoms with E-state index in [0.717, 1.165) is 4.68 Å². The van der Waals surface area contributed by atoms with E-state index in [1.807, 2.05) is 54.6 Å². The lowest BCUT2D eigenvalue weighted by atomic mass is 9.80. The van der Waals surface area contributed by atoms with Crippen molar-refractivity contribution in [2.45, 2.75) is 44.1 Å². The monoisotopic (exact) mass is 722 g/mol. The Kier molecular flexibility index (Phi) is 10.6. The van der Waals surface area contributed by atoms with Crippen LogP contribution in [0.15, 0.2) is 83.7 Å². The normalized spacial score (nSPS) is 19.7. The van der Waals surface area contributed by atoms with Crippen LogP contribution in [0.2, 0.25) is 0 Å². The fourth-order valence-electron chi connectivity index (χ4n) is 5.88. The van der Waals surface area contributed by atoms with Crippen LogP contribution in [0.25, 0.3) is 11.2 Å². The van der Waals surface area contributed by atoms with Crippen LogP contribution in [0.1, 0.15) is 36.8 Å². The van der Waals surface area contributed by atoms with Gasteiger partial charge in [-0.2, -0.15) is 9.67 Å². The Morgan fingerprint density at radius 1 is 1.02 bits per heavy atom. The van der Waals surface area contributed by atoms with Crippen molar-refractivity contribution in [3.05, 3.63) is 106 Å². The first kappa shape index (κ1) is 35.8. The highest BCUT2D eigenvalue weighted by Gasteiger charge is 2.50. The molecular weight excluding hydrogens is 686 g/mol. The number of hydrogen-bond acceptors (Lipinski definition) is 11. The van der Waals surface area contributed by atoms with Crippen LogP contribution < -0.4 is 20.3 Å². The molecule has 3 N–H and O–H groups in total. The number of benzene rings is 3. The first-order valence-corrected chi connectivity index (χ1v) is 17.2. The van der Waals surface area contributed by atoms with Gasteiger partial charge in [0.25, 0.3) is 5.56 Å². The number of aromatic amines is 1. The number of carbonyl (C=O) groups is 1. The number of H-pyrrole nitrogens is 1. The van der Waals surface area contributed by atoms with Crippen LogP contribution in [0.4, 0.5) is 10.3 Å². The summed E-state index contributed by atoms with van der Waals surface area (Å²) in [6, 6.07) is 23.8. The highest BCUT2D eigenvalue weighted by Crippen LogP contribution is 2.44. The topological polar surface area (TPSA) is 189 Å². The predicted molar refractivity (Wildman–Crippen MR) is 183 cm³/mol. The second-order valence-electron chi connectivity index (χ2n) is 11.9. The Morgan fingerprint density at radius 3 is 2.16 bits per heavy atom. The third-order valence-corrected chi connectivity index (χ3v) is 8.95. The van der Waals surface area contributed by atoms with Crippen LogP contribution in [-0.4, -0.2) is 75.0 Å². The van der Waals surface area contributed by atoms with E-state index in [4.69, 9.17) is 23.5 Å². The Balaban J connectivity index is 1.40. The number of halogens is 1. The van der Waals surface area contributed by atoms with E-state index < -0.39 is 62.5 Å². The van der Waals surface area contributed by atoms with Crippen molar-refractivity contribution in [1.29, 1.82) is 0 Å². The molecule has 17 heteroatoms. The van der Waals surface area contributed by atoms with Crippen LogP contribution in [0, 0.1) is 5.92 Å². The summed E-state index contributed by atoms with van der Waals surface area (Å²) in [7, 11) is -0.602. The lowest BCUT2D eigenvalue weighted by molar-refractivity contribution is -0.118. The molecule has 0 radical (unpaired) electrons. The zero-order valence-corrected chi connectivity index (χ0v) is 29.0. The summed E-state index contributed by atoms with van der Waals surface area (Å²) < 4.78 is 58.3. The number of rotatable bonds is 13. The van der Waals surface area contributed by atoms with Gasteiger partial charge in [-0.3, -0.25) is 29.0 Å². The van der Waals surface area contributed by atoms with Gasteiger partial charge in [0, 0.05) is 5.92 Å². The second kappa shape index (κ2) is 15.1. The van der Waals surface area contributed by atoms with Crippen molar-refractivity contribution < 1.29 is 42.1 Å². The van der Waals surface area contributed by atoms with Gasteiger partial charge >= 0.3 is 8.25 Å². The Morgan fingerprint density at radius 2 is 1.61 bits per heavy atom. The lowest BCUT2D eigenvalue weighted by Gasteiger charge is -2.37. The third kappa shape index (κ3) is 7.14. The number of ether oxygens (including phenoxy) is 4. The van der Waals surface area contributed by atoms with E-state index in [9.17, 15) is 19.0 Å². The number of nitrogens with zero attached hydrogens (tertiary/aromatic N) is 4. The number of aromatic nitrogens is 5. The molecular formula is C34H36FN6O9P. The summed E-state index contributed by atoms with van der Waals surface area (Å²) >= 11 is 0. The van der Waals surface area contributed by atoms with Crippen molar-refractivity contribution >= 4 is 31.3 Å². The fourth-order valence-corrected chi connectivity index (χ4v) is 6.36. The van der Waals surface area contributed by atoms with Crippen molar-refractivity contribution in [3.63, 3.8) is 0 Å².